The molecule has 0 bridgehead atoms. The molecule has 0 aromatic carbocycles. The molecule has 1 aliphatic rings. The Hall–Kier alpha value is -0.500. The summed E-state index contributed by atoms with van der Waals surface area (Å²) in [5.74, 6) is 1.56. The van der Waals surface area contributed by atoms with Crippen molar-refractivity contribution in [3.8, 4) is 0 Å². The Morgan fingerprint density at radius 3 is 2.89 bits per heavy atom. The quantitative estimate of drug-likeness (QED) is 0.854. The zero-order valence-electron chi connectivity index (χ0n) is 10.3. The van der Waals surface area contributed by atoms with Gasteiger partial charge in [-0.05, 0) is 37.7 Å². The van der Waals surface area contributed by atoms with Crippen molar-refractivity contribution in [2.24, 2.45) is 5.73 Å². The van der Waals surface area contributed by atoms with Crippen molar-refractivity contribution in [3.63, 3.8) is 0 Å². The molecule has 0 saturated carbocycles. The van der Waals surface area contributed by atoms with Gasteiger partial charge >= 0.3 is 0 Å². The van der Waals surface area contributed by atoms with E-state index in [1.807, 2.05) is 11.8 Å². The molecule has 0 radical (unpaired) electrons. The van der Waals surface area contributed by atoms with Gasteiger partial charge in [0.15, 0.2) is 0 Å². The summed E-state index contributed by atoms with van der Waals surface area (Å²) < 4.78 is 31.8. The Labute approximate surface area is 112 Å². The second-order valence-corrected chi connectivity index (χ2v) is 8.03. The van der Waals surface area contributed by atoms with Gasteiger partial charge in [0.2, 0.25) is 5.09 Å². The highest BCUT2D eigenvalue weighted by Crippen LogP contribution is 2.37. The number of sulfonamides is 1. The van der Waals surface area contributed by atoms with Crippen LogP contribution in [0, 0.1) is 0 Å². The molecule has 3 N–H and O–H groups in total. The van der Waals surface area contributed by atoms with Gasteiger partial charge in [0, 0.05) is 11.3 Å². The highest BCUT2D eigenvalue weighted by molar-refractivity contribution is 8.01. The highest BCUT2D eigenvalue weighted by atomic mass is 32.2. The first-order valence-electron chi connectivity index (χ1n) is 5.88. The van der Waals surface area contributed by atoms with Crippen LogP contribution in [0.1, 0.15) is 25.5 Å². The van der Waals surface area contributed by atoms with Crippen molar-refractivity contribution in [1.29, 1.82) is 0 Å². The van der Waals surface area contributed by atoms with E-state index in [4.69, 9.17) is 10.2 Å². The minimum absolute atomic E-state index is 0.00361. The summed E-state index contributed by atoms with van der Waals surface area (Å²) in [5.41, 5.74) is 5.39. The van der Waals surface area contributed by atoms with Gasteiger partial charge in [-0.2, -0.15) is 11.8 Å². The van der Waals surface area contributed by atoms with Crippen LogP contribution in [0.4, 0.5) is 0 Å². The lowest BCUT2D eigenvalue weighted by molar-refractivity contribution is 0.411. The molecule has 2 rings (SSSR count). The summed E-state index contributed by atoms with van der Waals surface area (Å²) in [6.45, 7) is 2.71. The van der Waals surface area contributed by atoms with Gasteiger partial charge < -0.3 is 10.2 Å². The van der Waals surface area contributed by atoms with E-state index in [0.717, 1.165) is 18.6 Å². The Kier molecular flexibility index (Phi) is 4.05. The SMILES string of the molecule is CC1(CNS(=O)(=O)c2ccc(CN)o2)CCCS1. The predicted octanol–water partition coefficient (Wildman–Crippen LogP) is 1.30. The highest BCUT2D eigenvalue weighted by Gasteiger charge is 2.31. The molecule has 1 atom stereocenters. The van der Waals surface area contributed by atoms with Crippen LogP contribution in [-0.4, -0.2) is 25.5 Å². The third kappa shape index (κ3) is 3.09. The standard InChI is InChI=1S/C11H18N2O3S2/c1-11(5-2-6-17-11)8-13-18(14,15)10-4-3-9(7-12)16-10/h3-4,13H,2,5-8,12H2,1H3. The van der Waals surface area contributed by atoms with E-state index >= 15 is 0 Å². The lowest BCUT2D eigenvalue weighted by Gasteiger charge is -2.22. The Bertz CT molecular complexity index is 504. The predicted molar refractivity (Wildman–Crippen MR) is 71.9 cm³/mol. The fourth-order valence-electron chi connectivity index (χ4n) is 1.91. The van der Waals surface area contributed by atoms with E-state index in [1.54, 1.807) is 6.07 Å². The molecule has 0 aliphatic carbocycles. The van der Waals surface area contributed by atoms with Gasteiger partial charge in [-0.25, -0.2) is 13.1 Å². The second kappa shape index (κ2) is 5.24. The van der Waals surface area contributed by atoms with Gasteiger partial charge in [0.1, 0.15) is 5.76 Å². The molecule has 0 amide bonds. The number of rotatable bonds is 5. The molecule has 0 spiro atoms. The monoisotopic (exact) mass is 290 g/mol. The van der Waals surface area contributed by atoms with Crippen molar-refractivity contribution in [3.05, 3.63) is 17.9 Å². The van der Waals surface area contributed by atoms with Crippen LogP contribution < -0.4 is 10.5 Å². The lowest BCUT2D eigenvalue weighted by Crippen LogP contribution is -2.36. The zero-order valence-corrected chi connectivity index (χ0v) is 11.9. The third-order valence-electron chi connectivity index (χ3n) is 3.04. The van der Waals surface area contributed by atoms with Gasteiger partial charge in [-0.3, -0.25) is 0 Å². The van der Waals surface area contributed by atoms with E-state index in [1.165, 1.54) is 6.07 Å². The maximum Gasteiger partial charge on any atom is 0.274 e. The molecule has 1 fully saturated rings. The van der Waals surface area contributed by atoms with Gasteiger partial charge in [-0.15, -0.1) is 0 Å². The first-order valence-corrected chi connectivity index (χ1v) is 8.34. The number of thioether (sulfide) groups is 1. The Morgan fingerprint density at radius 2 is 2.33 bits per heavy atom. The number of furan rings is 1. The summed E-state index contributed by atoms with van der Waals surface area (Å²) in [6, 6.07) is 3.02. The first-order chi connectivity index (χ1) is 8.45. The molecular formula is C11H18N2O3S2. The van der Waals surface area contributed by atoms with Crippen molar-refractivity contribution < 1.29 is 12.8 Å². The van der Waals surface area contributed by atoms with E-state index in [9.17, 15) is 8.42 Å². The molecule has 1 unspecified atom stereocenters. The smallest absolute Gasteiger partial charge is 0.274 e. The van der Waals surface area contributed by atoms with Crippen molar-refractivity contribution >= 4 is 21.8 Å². The van der Waals surface area contributed by atoms with Gasteiger partial charge in [0.25, 0.3) is 10.0 Å². The number of hydrogen-bond donors (Lipinski definition) is 2. The number of hydrogen-bond acceptors (Lipinski definition) is 5. The van der Waals surface area contributed by atoms with Gasteiger partial charge in [-0.1, -0.05) is 0 Å². The van der Waals surface area contributed by atoms with E-state index in [2.05, 4.69) is 11.6 Å². The maximum absolute atomic E-state index is 12.0. The molecule has 7 heteroatoms. The molecule has 1 aliphatic heterocycles. The third-order valence-corrected chi connectivity index (χ3v) is 5.85. The summed E-state index contributed by atoms with van der Waals surface area (Å²) in [7, 11) is -3.56. The van der Waals surface area contributed by atoms with Crippen molar-refractivity contribution in [2.45, 2.75) is 36.1 Å². The van der Waals surface area contributed by atoms with Gasteiger partial charge in [0.05, 0.1) is 6.54 Å². The van der Waals surface area contributed by atoms with Crippen LogP contribution in [0.3, 0.4) is 0 Å². The molecule has 1 aromatic rings. The number of nitrogens with two attached hydrogens (primary N) is 1. The number of nitrogens with one attached hydrogen (secondary N) is 1. The normalized spacial score (nSPS) is 24.6. The van der Waals surface area contributed by atoms with E-state index in [-0.39, 0.29) is 16.4 Å². The molecule has 5 nitrogen and oxygen atoms in total. The fraction of sp³-hybridized carbons (Fsp3) is 0.636. The Balaban J connectivity index is 2.03. The second-order valence-electron chi connectivity index (χ2n) is 4.65. The van der Waals surface area contributed by atoms with Crippen LogP contribution in [0.25, 0.3) is 0 Å². The minimum atomic E-state index is -3.56. The summed E-state index contributed by atoms with van der Waals surface area (Å²) >= 11 is 1.81. The summed E-state index contributed by atoms with van der Waals surface area (Å²) in [4.78, 5) is 0. The van der Waals surface area contributed by atoms with E-state index < -0.39 is 10.0 Å². The molecule has 2 heterocycles. The van der Waals surface area contributed by atoms with Crippen LogP contribution in [-0.2, 0) is 16.6 Å². The van der Waals surface area contributed by atoms with Crippen LogP contribution >= 0.6 is 11.8 Å². The van der Waals surface area contributed by atoms with Crippen LogP contribution in [0.5, 0.6) is 0 Å². The Morgan fingerprint density at radius 1 is 1.56 bits per heavy atom. The minimum Gasteiger partial charge on any atom is -0.447 e. The fourth-order valence-corrected chi connectivity index (χ4v) is 4.36. The molecular weight excluding hydrogens is 272 g/mol. The van der Waals surface area contributed by atoms with Crippen LogP contribution in [0.2, 0.25) is 0 Å². The maximum atomic E-state index is 12.0. The zero-order chi connectivity index (χ0) is 13.2. The topological polar surface area (TPSA) is 85.3 Å². The molecule has 18 heavy (non-hydrogen) atoms. The summed E-state index contributed by atoms with van der Waals surface area (Å²) in [5, 5.41) is -0.0606. The van der Waals surface area contributed by atoms with Crippen molar-refractivity contribution in [2.75, 3.05) is 12.3 Å². The lowest BCUT2D eigenvalue weighted by atomic mass is 10.1. The first kappa shape index (κ1) is 13.9. The largest absolute Gasteiger partial charge is 0.447 e. The molecule has 102 valence electrons. The average Bonchev–Trinajstić information content (AvgIpc) is 2.96. The van der Waals surface area contributed by atoms with Crippen LogP contribution in [0.15, 0.2) is 21.6 Å². The van der Waals surface area contributed by atoms with E-state index in [0.29, 0.717) is 12.3 Å². The van der Waals surface area contributed by atoms with Crippen molar-refractivity contribution in [1.82, 2.24) is 4.72 Å². The molecule has 1 aromatic heterocycles. The summed E-state index contributed by atoms with van der Waals surface area (Å²) in [6.07, 6.45) is 2.17. The molecule has 1 saturated heterocycles. The average molecular weight is 290 g/mol.